The Bertz CT molecular complexity index is 1500. The third-order valence-electron chi connectivity index (χ3n) is 5.72. The lowest BCUT2D eigenvalue weighted by Gasteiger charge is -2.17. The van der Waals surface area contributed by atoms with E-state index in [4.69, 9.17) is 14.5 Å². The average molecular weight is 520 g/mol. The lowest BCUT2D eigenvalue weighted by molar-refractivity contribution is 0.0931. The number of ether oxygens (including phenoxy) is 2. The molecule has 3 N–H and O–H groups in total. The Morgan fingerprint density at radius 3 is 2.76 bits per heavy atom. The summed E-state index contributed by atoms with van der Waals surface area (Å²) in [7, 11) is 0. The minimum absolute atomic E-state index is 0.161. The van der Waals surface area contributed by atoms with Crippen LogP contribution in [0, 0.1) is 5.82 Å². The van der Waals surface area contributed by atoms with Gasteiger partial charge in [-0.3, -0.25) is 10.1 Å². The number of fused-ring (bicyclic) bond motifs is 2. The first-order valence-corrected chi connectivity index (χ1v) is 12.1. The lowest BCUT2D eigenvalue weighted by Crippen LogP contribution is -2.33. The van der Waals surface area contributed by atoms with Crippen LogP contribution in [-0.2, 0) is 11.3 Å². The second-order valence-electron chi connectivity index (χ2n) is 9.10. The summed E-state index contributed by atoms with van der Waals surface area (Å²) < 4.78 is 26.6. The molecule has 0 radical (unpaired) electrons. The zero-order chi connectivity index (χ0) is 26.8. The van der Waals surface area contributed by atoms with Crippen LogP contribution in [0.4, 0.5) is 20.7 Å². The number of pyridine rings is 1. The summed E-state index contributed by atoms with van der Waals surface area (Å²) in [6.45, 7) is 5.69. The first-order valence-electron chi connectivity index (χ1n) is 12.1. The molecule has 38 heavy (non-hydrogen) atoms. The number of hydrogen-bond acceptors (Lipinski definition) is 8. The Morgan fingerprint density at radius 2 is 2.00 bits per heavy atom. The molecule has 0 aliphatic carbocycles. The Hall–Kier alpha value is -4.74. The number of aromatic nitrogens is 4. The topological polar surface area (TPSA) is 132 Å². The highest BCUT2D eigenvalue weighted by molar-refractivity contribution is 6.00. The van der Waals surface area contributed by atoms with Gasteiger partial charge in [0.2, 0.25) is 5.88 Å². The number of anilines is 2. The van der Waals surface area contributed by atoms with Gasteiger partial charge < -0.3 is 20.1 Å². The normalized spacial score (nSPS) is 15.4. The van der Waals surface area contributed by atoms with Crippen LogP contribution in [0.25, 0.3) is 16.8 Å². The number of carbonyl (C=O) groups excluding carboxylic acids is 2. The fourth-order valence-corrected chi connectivity index (χ4v) is 3.96. The lowest BCUT2D eigenvalue weighted by atomic mass is 10.1. The highest BCUT2D eigenvalue weighted by Gasteiger charge is 2.21. The van der Waals surface area contributed by atoms with Crippen molar-refractivity contribution in [3.63, 3.8) is 0 Å². The molecule has 1 aliphatic heterocycles. The van der Waals surface area contributed by atoms with Crippen molar-refractivity contribution >= 4 is 29.2 Å². The van der Waals surface area contributed by atoms with Crippen molar-refractivity contribution in [2.24, 2.45) is 0 Å². The zero-order valence-corrected chi connectivity index (χ0v) is 21.0. The molecule has 0 fully saturated rings. The summed E-state index contributed by atoms with van der Waals surface area (Å²) in [5.74, 6) is -0.152. The Balaban J connectivity index is 1.54. The summed E-state index contributed by atoms with van der Waals surface area (Å²) in [5.41, 5.74) is 3.13. The van der Waals surface area contributed by atoms with Crippen LogP contribution in [-0.4, -0.2) is 50.3 Å². The average Bonchev–Trinajstić information content (AvgIpc) is 3.29. The van der Waals surface area contributed by atoms with Gasteiger partial charge >= 0.3 is 6.09 Å². The highest BCUT2D eigenvalue weighted by atomic mass is 19.1. The minimum atomic E-state index is -0.547. The van der Waals surface area contributed by atoms with E-state index in [1.807, 2.05) is 12.1 Å². The van der Waals surface area contributed by atoms with E-state index < -0.39 is 18.0 Å². The zero-order valence-electron chi connectivity index (χ0n) is 21.0. The van der Waals surface area contributed by atoms with Gasteiger partial charge in [-0.05, 0) is 44.5 Å². The van der Waals surface area contributed by atoms with Crippen LogP contribution < -0.4 is 20.7 Å². The van der Waals surface area contributed by atoms with Gasteiger partial charge in [0.25, 0.3) is 5.91 Å². The monoisotopic (exact) mass is 519 g/mol. The maximum absolute atomic E-state index is 14.1. The molecule has 1 aromatic carbocycles. The van der Waals surface area contributed by atoms with Crippen molar-refractivity contribution in [3.8, 4) is 17.0 Å². The quantitative estimate of drug-likeness (QED) is 0.370. The number of rotatable bonds is 3. The Morgan fingerprint density at radius 1 is 1.21 bits per heavy atom. The molecule has 0 saturated carbocycles. The van der Waals surface area contributed by atoms with Gasteiger partial charge in [-0.25, -0.2) is 23.7 Å². The fraction of sp³-hybridized carbons (Fsp3) is 0.269. The third kappa shape index (κ3) is 5.33. The molecule has 1 atom stereocenters. The predicted octanol–water partition coefficient (Wildman–Crippen LogP) is 4.01. The highest BCUT2D eigenvalue weighted by Crippen LogP contribution is 2.30. The first-order chi connectivity index (χ1) is 18.3. The van der Waals surface area contributed by atoms with Crippen LogP contribution in [0.1, 0.15) is 36.7 Å². The number of nitrogens with one attached hydrogen (secondary N) is 3. The molecule has 4 aromatic rings. The Kier molecular flexibility index (Phi) is 6.77. The van der Waals surface area contributed by atoms with Gasteiger partial charge in [-0.1, -0.05) is 12.1 Å². The van der Waals surface area contributed by atoms with E-state index in [1.165, 1.54) is 16.8 Å². The van der Waals surface area contributed by atoms with Crippen LogP contribution in [0.5, 0.6) is 5.88 Å². The smallest absolute Gasteiger partial charge is 0.411 e. The number of nitrogens with zero attached hydrogens (tertiary/aromatic N) is 4. The number of amides is 2. The summed E-state index contributed by atoms with van der Waals surface area (Å²) in [4.78, 5) is 33.6. The van der Waals surface area contributed by atoms with Gasteiger partial charge in [0, 0.05) is 29.6 Å². The molecule has 0 saturated heterocycles. The molecular weight excluding hydrogens is 493 g/mol. The van der Waals surface area contributed by atoms with Crippen molar-refractivity contribution in [3.05, 3.63) is 65.9 Å². The summed E-state index contributed by atoms with van der Waals surface area (Å²) in [6.07, 6.45) is 3.08. The molecule has 2 amide bonds. The predicted molar refractivity (Wildman–Crippen MR) is 138 cm³/mol. The maximum Gasteiger partial charge on any atom is 0.411 e. The molecule has 3 aromatic heterocycles. The van der Waals surface area contributed by atoms with E-state index in [1.54, 1.807) is 39.1 Å². The van der Waals surface area contributed by atoms with Crippen molar-refractivity contribution in [1.82, 2.24) is 24.9 Å². The van der Waals surface area contributed by atoms with E-state index in [-0.39, 0.29) is 31.0 Å². The molecule has 1 unspecified atom stereocenters. The van der Waals surface area contributed by atoms with Crippen molar-refractivity contribution in [2.45, 2.75) is 39.5 Å². The van der Waals surface area contributed by atoms with Gasteiger partial charge in [-0.2, -0.15) is 5.10 Å². The Labute approximate surface area is 217 Å². The van der Waals surface area contributed by atoms with Crippen LogP contribution in [0.2, 0.25) is 0 Å². The van der Waals surface area contributed by atoms with Gasteiger partial charge in [0.15, 0.2) is 5.65 Å². The van der Waals surface area contributed by atoms with Crippen LogP contribution in [0.3, 0.4) is 0 Å². The van der Waals surface area contributed by atoms with Crippen molar-refractivity contribution < 1.29 is 23.5 Å². The van der Waals surface area contributed by atoms with Gasteiger partial charge in [-0.15, -0.1) is 0 Å². The first kappa shape index (κ1) is 24.9. The fourth-order valence-electron chi connectivity index (χ4n) is 3.96. The number of hydrogen-bond donors (Lipinski definition) is 3. The van der Waals surface area contributed by atoms with Crippen LogP contribution >= 0.6 is 0 Å². The standard InChI is InChI=1S/C26H26FN7O4/c1-14(2)37-26(36)32-19-6-4-16(5-7-19)21-13-34-23-20(12-31-34)24(35)29-9-15(3)38-25-17(8-18(27)11-30-25)10-28-22(21)33-23/h4-8,11-15H,9-10H2,1-3H3,(H,28,33)(H,29,35)(H,32,36). The molecule has 1 aliphatic rings. The van der Waals surface area contributed by atoms with Crippen LogP contribution in [0.15, 0.2) is 48.9 Å². The van der Waals surface area contributed by atoms with E-state index in [0.717, 1.165) is 11.8 Å². The third-order valence-corrected chi connectivity index (χ3v) is 5.72. The minimum Gasteiger partial charge on any atom is -0.473 e. The van der Waals surface area contributed by atoms with E-state index in [2.05, 4.69) is 26.0 Å². The van der Waals surface area contributed by atoms with E-state index >= 15 is 0 Å². The van der Waals surface area contributed by atoms with E-state index in [9.17, 15) is 14.0 Å². The number of halogens is 1. The van der Waals surface area contributed by atoms with Gasteiger partial charge in [0.1, 0.15) is 23.3 Å². The molecule has 11 nitrogen and oxygen atoms in total. The molecule has 0 spiro atoms. The SMILES string of the molecule is CC(C)OC(=O)Nc1ccc(-c2cn3ncc4c3nc2NCc2cc(F)cnc2OC(C)CNC4=O)cc1. The second-order valence-corrected chi connectivity index (χ2v) is 9.10. The summed E-state index contributed by atoms with van der Waals surface area (Å²) >= 11 is 0. The largest absolute Gasteiger partial charge is 0.473 e. The van der Waals surface area contributed by atoms with Crippen molar-refractivity contribution in [2.75, 3.05) is 17.2 Å². The van der Waals surface area contributed by atoms with Gasteiger partial charge in [0.05, 0.1) is 25.0 Å². The molecule has 2 bridgehead atoms. The molecule has 4 heterocycles. The maximum atomic E-state index is 14.1. The molecule has 196 valence electrons. The number of benzene rings is 1. The molecule has 12 heteroatoms. The summed E-state index contributed by atoms with van der Waals surface area (Å²) in [5, 5.41) is 13.1. The van der Waals surface area contributed by atoms with Crippen molar-refractivity contribution in [1.29, 1.82) is 0 Å². The molecular formula is C26H26FN7O4. The molecule has 5 rings (SSSR count). The van der Waals surface area contributed by atoms with E-state index in [0.29, 0.717) is 33.8 Å². The summed E-state index contributed by atoms with van der Waals surface area (Å²) in [6, 6.07) is 8.44. The second kappa shape index (κ2) is 10.3. The number of carbonyl (C=O) groups is 2.